The Bertz CT molecular complexity index is 633. The van der Waals surface area contributed by atoms with Crippen molar-refractivity contribution in [3.63, 3.8) is 0 Å². The van der Waals surface area contributed by atoms with Crippen molar-refractivity contribution < 1.29 is 4.79 Å². The molecule has 3 nitrogen and oxygen atoms in total. The first-order valence-corrected chi connectivity index (χ1v) is 8.04. The molecular weight excluding hydrogens is 280 g/mol. The molecule has 2 rings (SSSR count). The molecule has 0 aliphatic carbocycles. The molecule has 2 N–H and O–H groups in total. The predicted octanol–water partition coefficient (Wildman–Crippen LogP) is 4.89. The number of amides is 1. The number of thiophene rings is 1. The van der Waals surface area contributed by atoms with Crippen molar-refractivity contribution in [2.24, 2.45) is 0 Å². The minimum Gasteiger partial charge on any atom is -0.377 e. The van der Waals surface area contributed by atoms with E-state index in [-0.39, 0.29) is 11.9 Å². The van der Waals surface area contributed by atoms with Crippen LogP contribution in [0.25, 0.3) is 0 Å². The summed E-state index contributed by atoms with van der Waals surface area (Å²) in [7, 11) is 0. The molecule has 0 aliphatic heterocycles. The van der Waals surface area contributed by atoms with Crippen LogP contribution in [0.2, 0.25) is 0 Å². The Morgan fingerprint density at radius 1 is 1.24 bits per heavy atom. The Morgan fingerprint density at radius 3 is 2.62 bits per heavy atom. The summed E-state index contributed by atoms with van der Waals surface area (Å²) >= 11 is 1.81. The topological polar surface area (TPSA) is 41.1 Å². The molecule has 1 heterocycles. The van der Waals surface area contributed by atoms with Crippen molar-refractivity contribution in [2.45, 2.75) is 40.2 Å². The molecule has 0 saturated heterocycles. The van der Waals surface area contributed by atoms with Crippen LogP contribution in [0.15, 0.2) is 30.3 Å². The summed E-state index contributed by atoms with van der Waals surface area (Å²) < 4.78 is 0. The van der Waals surface area contributed by atoms with Gasteiger partial charge in [-0.3, -0.25) is 4.79 Å². The Kier molecular flexibility index (Phi) is 5.02. The zero-order chi connectivity index (χ0) is 15.4. The number of rotatable bonds is 5. The smallest absolute Gasteiger partial charge is 0.224 e. The largest absolute Gasteiger partial charge is 0.377 e. The third-order valence-electron chi connectivity index (χ3n) is 3.40. The highest BCUT2D eigenvalue weighted by Gasteiger charge is 2.10. The van der Waals surface area contributed by atoms with Crippen molar-refractivity contribution in [1.82, 2.24) is 0 Å². The molecule has 112 valence electrons. The fourth-order valence-electron chi connectivity index (χ4n) is 2.10. The fourth-order valence-corrected chi connectivity index (χ4v) is 2.97. The number of nitrogens with one attached hydrogen (secondary N) is 2. The van der Waals surface area contributed by atoms with Crippen LogP contribution < -0.4 is 10.6 Å². The molecule has 0 radical (unpaired) electrons. The SMILES string of the molecule is CCC(=O)Nc1ccc(C)c(NC(C)c2ccc(C)s2)c1. The molecule has 1 amide bonds. The standard InChI is InChI=1S/C17H22N2OS/c1-5-17(20)19-14-8-6-11(2)15(10-14)18-13(4)16-9-7-12(3)21-16/h6-10,13,18H,5H2,1-4H3,(H,19,20). The van der Waals surface area contributed by atoms with Crippen LogP contribution in [0.4, 0.5) is 11.4 Å². The molecule has 0 aliphatic rings. The van der Waals surface area contributed by atoms with Gasteiger partial charge in [-0.15, -0.1) is 11.3 Å². The van der Waals surface area contributed by atoms with Gasteiger partial charge in [-0.2, -0.15) is 0 Å². The number of benzene rings is 1. The summed E-state index contributed by atoms with van der Waals surface area (Å²) in [6, 6.07) is 10.5. The first-order valence-electron chi connectivity index (χ1n) is 7.23. The van der Waals surface area contributed by atoms with Crippen molar-refractivity contribution in [3.8, 4) is 0 Å². The van der Waals surface area contributed by atoms with Crippen molar-refractivity contribution in [3.05, 3.63) is 45.6 Å². The van der Waals surface area contributed by atoms with E-state index in [1.807, 2.05) is 36.5 Å². The van der Waals surface area contributed by atoms with E-state index in [9.17, 15) is 4.79 Å². The third-order valence-corrected chi connectivity index (χ3v) is 4.59. The molecule has 2 aromatic rings. The number of carbonyl (C=O) groups excluding carboxylic acids is 1. The highest BCUT2D eigenvalue weighted by Crippen LogP contribution is 2.28. The Morgan fingerprint density at radius 2 is 2.00 bits per heavy atom. The van der Waals surface area contributed by atoms with Crippen LogP contribution in [0.3, 0.4) is 0 Å². The second kappa shape index (κ2) is 6.76. The number of anilines is 2. The van der Waals surface area contributed by atoms with Crippen molar-refractivity contribution in [2.75, 3.05) is 10.6 Å². The maximum atomic E-state index is 11.5. The summed E-state index contributed by atoms with van der Waals surface area (Å²) in [5, 5.41) is 6.43. The molecular formula is C17H22N2OS. The second-order valence-electron chi connectivity index (χ2n) is 5.25. The van der Waals surface area contributed by atoms with Crippen LogP contribution >= 0.6 is 11.3 Å². The van der Waals surface area contributed by atoms with Crippen molar-refractivity contribution >= 4 is 28.6 Å². The quantitative estimate of drug-likeness (QED) is 0.826. The molecule has 0 spiro atoms. The van der Waals surface area contributed by atoms with Gasteiger partial charge in [-0.25, -0.2) is 0 Å². The summed E-state index contributed by atoms with van der Waals surface area (Å²) in [5.74, 6) is 0.0340. The molecule has 1 atom stereocenters. The summed E-state index contributed by atoms with van der Waals surface area (Å²) in [6.07, 6.45) is 0.488. The Hall–Kier alpha value is -1.81. The Labute approximate surface area is 130 Å². The average molecular weight is 302 g/mol. The number of hydrogen-bond acceptors (Lipinski definition) is 3. The van der Waals surface area contributed by atoms with E-state index in [0.717, 1.165) is 11.4 Å². The van der Waals surface area contributed by atoms with Crippen LogP contribution in [0, 0.1) is 13.8 Å². The third kappa shape index (κ3) is 4.08. The van der Waals surface area contributed by atoms with Gasteiger partial charge >= 0.3 is 0 Å². The number of aryl methyl sites for hydroxylation is 2. The van der Waals surface area contributed by atoms with Crippen molar-refractivity contribution in [1.29, 1.82) is 0 Å². The molecule has 1 aromatic heterocycles. The lowest BCUT2D eigenvalue weighted by Crippen LogP contribution is -2.11. The molecule has 1 aromatic carbocycles. The van der Waals surface area contributed by atoms with E-state index in [2.05, 4.69) is 43.5 Å². The first-order chi connectivity index (χ1) is 9.99. The maximum absolute atomic E-state index is 11.5. The van der Waals surface area contributed by atoms with Gasteiger partial charge in [-0.1, -0.05) is 13.0 Å². The number of carbonyl (C=O) groups is 1. The molecule has 0 fully saturated rings. The monoisotopic (exact) mass is 302 g/mol. The molecule has 0 saturated carbocycles. The van der Waals surface area contributed by atoms with Crippen LogP contribution in [-0.4, -0.2) is 5.91 Å². The van der Waals surface area contributed by atoms with Gasteiger partial charge in [0.25, 0.3) is 0 Å². The second-order valence-corrected chi connectivity index (χ2v) is 6.57. The van der Waals surface area contributed by atoms with E-state index in [1.54, 1.807) is 0 Å². The zero-order valence-electron chi connectivity index (χ0n) is 13.0. The normalized spacial score (nSPS) is 12.0. The van der Waals surface area contributed by atoms with Gasteiger partial charge in [0.1, 0.15) is 0 Å². The Balaban J connectivity index is 2.15. The van der Waals surface area contributed by atoms with Gasteiger partial charge in [0.2, 0.25) is 5.91 Å². The van der Waals surface area contributed by atoms with Gasteiger partial charge < -0.3 is 10.6 Å². The summed E-state index contributed by atoms with van der Waals surface area (Å²) in [6.45, 7) is 8.19. The van der Waals surface area contributed by atoms with E-state index in [1.165, 1.54) is 15.3 Å². The predicted molar refractivity (Wildman–Crippen MR) is 91.2 cm³/mol. The minimum absolute atomic E-state index is 0.0340. The van der Waals surface area contributed by atoms with Crippen LogP contribution in [0.5, 0.6) is 0 Å². The van der Waals surface area contributed by atoms with Gasteiger partial charge in [0.15, 0.2) is 0 Å². The number of hydrogen-bond donors (Lipinski definition) is 2. The first kappa shape index (κ1) is 15.6. The van der Waals surface area contributed by atoms with Gasteiger partial charge in [-0.05, 0) is 50.6 Å². The lowest BCUT2D eigenvalue weighted by Gasteiger charge is -2.17. The minimum atomic E-state index is 0.0340. The van der Waals surface area contributed by atoms with E-state index >= 15 is 0 Å². The molecule has 1 unspecified atom stereocenters. The van der Waals surface area contributed by atoms with Gasteiger partial charge in [0, 0.05) is 27.5 Å². The van der Waals surface area contributed by atoms with E-state index in [0.29, 0.717) is 6.42 Å². The molecule has 0 bridgehead atoms. The molecule has 21 heavy (non-hydrogen) atoms. The zero-order valence-corrected chi connectivity index (χ0v) is 13.8. The lowest BCUT2D eigenvalue weighted by atomic mass is 10.1. The summed E-state index contributed by atoms with van der Waals surface area (Å²) in [5.41, 5.74) is 3.07. The van der Waals surface area contributed by atoms with Gasteiger partial charge in [0.05, 0.1) is 6.04 Å². The highest BCUT2D eigenvalue weighted by atomic mass is 32.1. The van der Waals surface area contributed by atoms with Crippen LogP contribution in [0.1, 0.15) is 41.6 Å². The van der Waals surface area contributed by atoms with E-state index < -0.39 is 0 Å². The van der Waals surface area contributed by atoms with Crippen LogP contribution in [-0.2, 0) is 4.79 Å². The van der Waals surface area contributed by atoms with E-state index in [4.69, 9.17) is 0 Å². The maximum Gasteiger partial charge on any atom is 0.224 e. The molecule has 4 heteroatoms. The fraction of sp³-hybridized carbons (Fsp3) is 0.353. The average Bonchev–Trinajstić information content (AvgIpc) is 2.89. The lowest BCUT2D eigenvalue weighted by molar-refractivity contribution is -0.115. The summed E-state index contributed by atoms with van der Waals surface area (Å²) in [4.78, 5) is 14.1. The highest BCUT2D eigenvalue weighted by molar-refractivity contribution is 7.12.